The van der Waals surface area contributed by atoms with Crippen LogP contribution in [0, 0.1) is 11.6 Å². The average Bonchev–Trinajstić information content (AvgIpc) is 2.21. The highest BCUT2D eigenvalue weighted by atomic mass is 19.1. The number of benzene rings is 1. The molecule has 0 aromatic heterocycles. The Morgan fingerprint density at radius 2 is 1.94 bits per heavy atom. The SMILES string of the molecule is CN(CCCC(C)(C)N)Cc1cc(F)ccc1F. The second-order valence-electron chi connectivity index (χ2n) is 5.57. The zero-order valence-corrected chi connectivity index (χ0v) is 11.3. The zero-order chi connectivity index (χ0) is 13.8. The van der Waals surface area contributed by atoms with Gasteiger partial charge in [0.05, 0.1) is 0 Å². The van der Waals surface area contributed by atoms with Crippen molar-refractivity contribution in [1.29, 1.82) is 0 Å². The minimum atomic E-state index is -0.400. The summed E-state index contributed by atoms with van der Waals surface area (Å²) in [7, 11) is 1.90. The van der Waals surface area contributed by atoms with Crippen LogP contribution < -0.4 is 5.73 Å². The molecule has 1 aromatic rings. The van der Waals surface area contributed by atoms with E-state index in [-0.39, 0.29) is 11.4 Å². The van der Waals surface area contributed by atoms with Gasteiger partial charge in [-0.3, -0.25) is 0 Å². The van der Waals surface area contributed by atoms with E-state index in [0.29, 0.717) is 12.1 Å². The van der Waals surface area contributed by atoms with Crippen LogP contribution in [-0.2, 0) is 6.54 Å². The van der Waals surface area contributed by atoms with E-state index in [1.807, 2.05) is 25.8 Å². The predicted octanol–water partition coefficient (Wildman–Crippen LogP) is 2.91. The van der Waals surface area contributed by atoms with Crippen LogP contribution in [-0.4, -0.2) is 24.0 Å². The van der Waals surface area contributed by atoms with E-state index in [1.54, 1.807) is 0 Å². The number of hydrogen-bond donors (Lipinski definition) is 1. The van der Waals surface area contributed by atoms with Crippen molar-refractivity contribution >= 4 is 0 Å². The monoisotopic (exact) mass is 256 g/mol. The third-order valence-corrected chi connectivity index (χ3v) is 2.81. The van der Waals surface area contributed by atoms with Crippen LogP contribution in [0.5, 0.6) is 0 Å². The first kappa shape index (κ1) is 15.1. The van der Waals surface area contributed by atoms with Gasteiger partial charge in [-0.2, -0.15) is 0 Å². The van der Waals surface area contributed by atoms with Crippen molar-refractivity contribution in [3.8, 4) is 0 Å². The van der Waals surface area contributed by atoms with Crippen molar-refractivity contribution in [2.45, 2.75) is 38.8 Å². The van der Waals surface area contributed by atoms with Crippen LogP contribution in [0.1, 0.15) is 32.3 Å². The Kier molecular flexibility index (Phi) is 5.23. The van der Waals surface area contributed by atoms with Crippen LogP contribution in [0.15, 0.2) is 18.2 Å². The van der Waals surface area contributed by atoms with Gasteiger partial charge in [0, 0.05) is 17.6 Å². The van der Waals surface area contributed by atoms with Gasteiger partial charge in [0.1, 0.15) is 11.6 Å². The Morgan fingerprint density at radius 3 is 2.56 bits per heavy atom. The molecular formula is C14H22F2N2. The lowest BCUT2D eigenvalue weighted by atomic mass is 10.00. The number of rotatable bonds is 6. The summed E-state index contributed by atoms with van der Waals surface area (Å²) in [6.07, 6.45) is 1.85. The number of halogens is 2. The predicted molar refractivity (Wildman–Crippen MR) is 70.2 cm³/mol. The smallest absolute Gasteiger partial charge is 0.127 e. The molecule has 0 radical (unpaired) electrons. The molecule has 18 heavy (non-hydrogen) atoms. The van der Waals surface area contributed by atoms with Crippen LogP contribution in [0.2, 0.25) is 0 Å². The molecule has 0 spiro atoms. The van der Waals surface area contributed by atoms with Gasteiger partial charge >= 0.3 is 0 Å². The first-order valence-corrected chi connectivity index (χ1v) is 6.19. The van der Waals surface area contributed by atoms with Crippen molar-refractivity contribution in [1.82, 2.24) is 4.90 Å². The van der Waals surface area contributed by atoms with Crippen molar-refractivity contribution in [3.05, 3.63) is 35.4 Å². The van der Waals surface area contributed by atoms with Gasteiger partial charge < -0.3 is 10.6 Å². The van der Waals surface area contributed by atoms with Crippen LogP contribution in [0.3, 0.4) is 0 Å². The summed E-state index contributed by atoms with van der Waals surface area (Å²) in [6.45, 7) is 5.20. The highest BCUT2D eigenvalue weighted by Crippen LogP contribution is 2.13. The molecule has 1 rings (SSSR count). The molecular weight excluding hydrogens is 234 g/mol. The molecule has 0 saturated heterocycles. The molecule has 0 unspecified atom stereocenters. The van der Waals surface area contributed by atoms with E-state index >= 15 is 0 Å². The summed E-state index contributed by atoms with van der Waals surface area (Å²) in [5.41, 5.74) is 6.11. The molecule has 1 aromatic carbocycles. The summed E-state index contributed by atoms with van der Waals surface area (Å²) in [5.74, 6) is -0.759. The third kappa shape index (κ3) is 5.56. The molecule has 0 amide bonds. The summed E-state index contributed by atoms with van der Waals surface area (Å²) in [4.78, 5) is 1.98. The van der Waals surface area contributed by atoms with E-state index in [0.717, 1.165) is 25.5 Å². The molecule has 0 aliphatic rings. The van der Waals surface area contributed by atoms with Gasteiger partial charge in [-0.1, -0.05) is 0 Å². The quantitative estimate of drug-likeness (QED) is 0.848. The standard InChI is InChI=1S/C14H22F2N2/c1-14(2,17)7-4-8-18(3)10-11-9-12(15)5-6-13(11)16/h5-6,9H,4,7-8,10,17H2,1-3H3. The molecule has 2 N–H and O–H groups in total. The average molecular weight is 256 g/mol. The Labute approximate surface area is 108 Å². The third-order valence-electron chi connectivity index (χ3n) is 2.81. The maximum atomic E-state index is 13.4. The highest BCUT2D eigenvalue weighted by molar-refractivity contribution is 5.18. The van der Waals surface area contributed by atoms with Crippen molar-refractivity contribution in [3.63, 3.8) is 0 Å². The molecule has 0 heterocycles. The Morgan fingerprint density at radius 1 is 1.28 bits per heavy atom. The number of nitrogens with two attached hydrogens (primary N) is 1. The first-order chi connectivity index (χ1) is 8.28. The molecule has 102 valence electrons. The molecule has 0 bridgehead atoms. The van der Waals surface area contributed by atoms with Gasteiger partial charge in [0.15, 0.2) is 0 Å². The summed E-state index contributed by atoms with van der Waals surface area (Å²) in [5, 5.41) is 0. The molecule has 2 nitrogen and oxygen atoms in total. The maximum Gasteiger partial charge on any atom is 0.127 e. The minimum Gasteiger partial charge on any atom is -0.326 e. The summed E-state index contributed by atoms with van der Waals surface area (Å²) >= 11 is 0. The molecule has 0 atom stereocenters. The Bertz CT molecular complexity index is 386. The van der Waals surface area contributed by atoms with Crippen LogP contribution in [0.4, 0.5) is 8.78 Å². The van der Waals surface area contributed by atoms with Gasteiger partial charge in [0.2, 0.25) is 0 Å². The van der Waals surface area contributed by atoms with Crippen molar-refractivity contribution in [2.75, 3.05) is 13.6 Å². The Hall–Kier alpha value is -1.00. The minimum absolute atomic E-state index is 0.176. The normalized spacial score (nSPS) is 12.2. The highest BCUT2D eigenvalue weighted by Gasteiger charge is 2.11. The molecule has 4 heteroatoms. The van der Waals surface area contributed by atoms with E-state index in [2.05, 4.69) is 0 Å². The van der Waals surface area contributed by atoms with Gasteiger partial charge in [0.25, 0.3) is 0 Å². The first-order valence-electron chi connectivity index (χ1n) is 6.19. The van der Waals surface area contributed by atoms with Crippen molar-refractivity contribution < 1.29 is 8.78 Å². The van der Waals surface area contributed by atoms with Gasteiger partial charge in [-0.15, -0.1) is 0 Å². The fraction of sp³-hybridized carbons (Fsp3) is 0.571. The number of hydrogen-bond acceptors (Lipinski definition) is 2. The van der Waals surface area contributed by atoms with Crippen LogP contribution in [0.25, 0.3) is 0 Å². The fourth-order valence-corrected chi connectivity index (χ4v) is 1.84. The van der Waals surface area contributed by atoms with Gasteiger partial charge in [-0.05, 0) is 58.5 Å². The maximum absolute atomic E-state index is 13.4. The van der Waals surface area contributed by atoms with Crippen molar-refractivity contribution in [2.24, 2.45) is 5.73 Å². The van der Waals surface area contributed by atoms with Gasteiger partial charge in [-0.25, -0.2) is 8.78 Å². The second kappa shape index (κ2) is 6.25. The van der Waals surface area contributed by atoms with E-state index in [1.165, 1.54) is 12.1 Å². The second-order valence-corrected chi connectivity index (χ2v) is 5.57. The lowest BCUT2D eigenvalue weighted by Crippen LogP contribution is -2.33. The largest absolute Gasteiger partial charge is 0.326 e. The van der Waals surface area contributed by atoms with E-state index < -0.39 is 5.82 Å². The van der Waals surface area contributed by atoms with Crippen LogP contribution >= 0.6 is 0 Å². The van der Waals surface area contributed by atoms with E-state index in [9.17, 15) is 8.78 Å². The molecule has 0 saturated carbocycles. The molecule has 0 fully saturated rings. The fourth-order valence-electron chi connectivity index (χ4n) is 1.84. The Balaban J connectivity index is 2.44. The number of nitrogens with zero attached hydrogens (tertiary/aromatic N) is 1. The summed E-state index contributed by atoms with van der Waals surface area (Å²) < 4.78 is 26.4. The zero-order valence-electron chi connectivity index (χ0n) is 11.3. The lowest BCUT2D eigenvalue weighted by molar-refractivity contribution is 0.298. The lowest BCUT2D eigenvalue weighted by Gasteiger charge is -2.21. The molecule has 0 aliphatic carbocycles. The molecule has 0 aliphatic heterocycles. The summed E-state index contributed by atoms with van der Waals surface area (Å²) in [6, 6.07) is 3.55. The van der Waals surface area contributed by atoms with E-state index in [4.69, 9.17) is 5.73 Å². The topological polar surface area (TPSA) is 29.3 Å².